The molecular weight excluding hydrogens is 164 g/mol. The quantitative estimate of drug-likeness (QED) is 0.664. The Bertz CT molecular complexity index is 192. The van der Waals surface area contributed by atoms with E-state index in [1.165, 1.54) is 19.3 Å². The Morgan fingerprint density at radius 1 is 1.62 bits per heavy atom. The van der Waals surface area contributed by atoms with Gasteiger partial charge in [0, 0.05) is 0 Å². The van der Waals surface area contributed by atoms with Crippen molar-refractivity contribution in [1.29, 1.82) is 0 Å². The molecule has 0 heterocycles. The van der Waals surface area contributed by atoms with Gasteiger partial charge in [0.05, 0.1) is 5.92 Å². The molecule has 2 heteroatoms. The molecule has 13 heavy (non-hydrogen) atoms. The van der Waals surface area contributed by atoms with Crippen molar-refractivity contribution in [1.82, 2.24) is 0 Å². The van der Waals surface area contributed by atoms with E-state index in [4.69, 9.17) is 5.11 Å². The molecule has 0 aromatic rings. The zero-order valence-corrected chi connectivity index (χ0v) is 8.20. The second kappa shape index (κ2) is 5.05. The van der Waals surface area contributed by atoms with Gasteiger partial charge in [-0.25, -0.2) is 0 Å². The lowest BCUT2D eigenvalue weighted by atomic mass is 9.79. The summed E-state index contributed by atoms with van der Waals surface area (Å²) in [5.74, 6) is -0.246. The summed E-state index contributed by atoms with van der Waals surface area (Å²) >= 11 is 0. The van der Waals surface area contributed by atoms with Gasteiger partial charge in [-0.1, -0.05) is 38.3 Å². The van der Waals surface area contributed by atoms with E-state index in [9.17, 15) is 4.79 Å². The van der Waals surface area contributed by atoms with E-state index >= 15 is 0 Å². The summed E-state index contributed by atoms with van der Waals surface area (Å²) in [6.07, 6.45) is 9.31. The van der Waals surface area contributed by atoms with Crippen molar-refractivity contribution in [3.8, 4) is 0 Å². The predicted molar refractivity (Wildman–Crippen MR) is 52.5 cm³/mol. The van der Waals surface area contributed by atoms with Gasteiger partial charge in [0.2, 0.25) is 0 Å². The minimum atomic E-state index is -0.670. The molecule has 1 aliphatic carbocycles. The first-order valence-corrected chi connectivity index (χ1v) is 5.13. The Morgan fingerprint density at radius 3 is 2.69 bits per heavy atom. The molecule has 0 radical (unpaired) electrons. The fourth-order valence-corrected chi connectivity index (χ4v) is 1.65. The normalized spacial score (nSPS) is 20.1. The van der Waals surface area contributed by atoms with Crippen LogP contribution in [0.4, 0.5) is 0 Å². The molecule has 0 saturated heterocycles. The summed E-state index contributed by atoms with van der Waals surface area (Å²) in [6.45, 7) is 2.03. The highest BCUT2D eigenvalue weighted by molar-refractivity contribution is 5.72. The number of carboxylic acid groups (broad SMARTS) is 1. The van der Waals surface area contributed by atoms with Crippen molar-refractivity contribution in [2.24, 2.45) is 11.8 Å². The van der Waals surface area contributed by atoms with Crippen LogP contribution in [0.5, 0.6) is 0 Å². The number of hydrogen-bond donors (Lipinski definition) is 1. The van der Waals surface area contributed by atoms with Crippen molar-refractivity contribution < 1.29 is 9.90 Å². The molecule has 0 aliphatic heterocycles. The molecule has 0 bridgehead atoms. The highest BCUT2D eigenvalue weighted by Gasteiger charge is 2.24. The Balaban J connectivity index is 2.36. The van der Waals surface area contributed by atoms with Crippen molar-refractivity contribution in [3.63, 3.8) is 0 Å². The third-order valence-corrected chi connectivity index (χ3v) is 2.73. The van der Waals surface area contributed by atoms with Crippen LogP contribution < -0.4 is 0 Å². The van der Waals surface area contributed by atoms with Gasteiger partial charge in [0.25, 0.3) is 0 Å². The summed E-state index contributed by atoms with van der Waals surface area (Å²) in [5.41, 5.74) is 0. The molecule has 1 unspecified atom stereocenters. The van der Waals surface area contributed by atoms with E-state index in [-0.39, 0.29) is 5.92 Å². The van der Waals surface area contributed by atoms with Crippen molar-refractivity contribution in [3.05, 3.63) is 12.2 Å². The SMILES string of the molecule is CC/C=C\C(CC1CCC1)C(=O)O. The summed E-state index contributed by atoms with van der Waals surface area (Å²) in [5, 5.41) is 8.92. The molecule has 0 aromatic heterocycles. The van der Waals surface area contributed by atoms with E-state index in [0.29, 0.717) is 5.92 Å². The van der Waals surface area contributed by atoms with Gasteiger partial charge >= 0.3 is 5.97 Å². The fraction of sp³-hybridized carbons (Fsp3) is 0.727. The second-order valence-corrected chi connectivity index (χ2v) is 3.81. The summed E-state index contributed by atoms with van der Waals surface area (Å²) in [6, 6.07) is 0. The number of hydrogen-bond acceptors (Lipinski definition) is 1. The molecule has 1 fully saturated rings. The van der Waals surface area contributed by atoms with Crippen LogP contribution in [0.1, 0.15) is 39.0 Å². The number of carboxylic acids is 1. The molecule has 74 valence electrons. The van der Waals surface area contributed by atoms with E-state index in [1.807, 2.05) is 19.1 Å². The Labute approximate surface area is 79.6 Å². The average molecular weight is 182 g/mol. The van der Waals surface area contributed by atoms with Crippen molar-refractivity contribution in [2.45, 2.75) is 39.0 Å². The third kappa shape index (κ3) is 3.21. The summed E-state index contributed by atoms with van der Waals surface area (Å²) in [7, 11) is 0. The molecule has 0 spiro atoms. The van der Waals surface area contributed by atoms with Crippen LogP contribution in [0, 0.1) is 11.8 Å². The van der Waals surface area contributed by atoms with E-state index in [0.717, 1.165) is 12.8 Å². The van der Waals surface area contributed by atoms with E-state index in [1.54, 1.807) is 0 Å². The second-order valence-electron chi connectivity index (χ2n) is 3.81. The van der Waals surface area contributed by atoms with Gasteiger partial charge in [-0.3, -0.25) is 4.79 Å². The predicted octanol–water partition coefficient (Wildman–Crippen LogP) is 2.84. The maximum absolute atomic E-state index is 10.8. The van der Waals surface area contributed by atoms with E-state index in [2.05, 4.69) is 0 Å². The molecule has 1 atom stereocenters. The first-order chi connectivity index (χ1) is 6.24. The number of allylic oxidation sites excluding steroid dienone is 1. The molecule has 1 rings (SSSR count). The molecule has 0 aromatic carbocycles. The highest BCUT2D eigenvalue weighted by atomic mass is 16.4. The zero-order chi connectivity index (χ0) is 9.68. The Kier molecular flexibility index (Phi) is 4.00. The smallest absolute Gasteiger partial charge is 0.310 e. The van der Waals surface area contributed by atoms with Crippen LogP contribution >= 0.6 is 0 Å². The molecule has 1 N–H and O–H groups in total. The number of aliphatic carboxylic acids is 1. The summed E-state index contributed by atoms with van der Waals surface area (Å²) in [4.78, 5) is 10.8. The lowest BCUT2D eigenvalue weighted by Gasteiger charge is -2.26. The minimum Gasteiger partial charge on any atom is -0.481 e. The lowest BCUT2D eigenvalue weighted by molar-refractivity contribution is -0.140. The van der Waals surface area contributed by atoms with Crippen LogP contribution in [0.15, 0.2) is 12.2 Å². The topological polar surface area (TPSA) is 37.3 Å². The fourth-order valence-electron chi connectivity index (χ4n) is 1.65. The van der Waals surface area contributed by atoms with Gasteiger partial charge in [0.15, 0.2) is 0 Å². The van der Waals surface area contributed by atoms with Gasteiger partial charge in [-0.15, -0.1) is 0 Å². The van der Waals surface area contributed by atoms with Gasteiger partial charge < -0.3 is 5.11 Å². The monoisotopic (exact) mass is 182 g/mol. The van der Waals surface area contributed by atoms with Crippen LogP contribution in [-0.4, -0.2) is 11.1 Å². The lowest BCUT2D eigenvalue weighted by Crippen LogP contribution is -2.20. The Hall–Kier alpha value is -0.790. The number of carbonyl (C=O) groups is 1. The first-order valence-electron chi connectivity index (χ1n) is 5.13. The Morgan fingerprint density at radius 2 is 2.31 bits per heavy atom. The molecular formula is C11H18O2. The van der Waals surface area contributed by atoms with E-state index < -0.39 is 5.97 Å². The van der Waals surface area contributed by atoms with Crippen LogP contribution in [0.3, 0.4) is 0 Å². The molecule has 2 nitrogen and oxygen atoms in total. The first kappa shape index (κ1) is 10.3. The maximum Gasteiger partial charge on any atom is 0.310 e. The van der Waals surface area contributed by atoms with Crippen LogP contribution in [0.25, 0.3) is 0 Å². The summed E-state index contributed by atoms with van der Waals surface area (Å²) < 4.78 is 0. The zero-order valence-electron chi connectivity index (χ0n) is 8.20. The third-order valence-electron chi connectivity index (χ3n) is 2.73. The van der Waals surface area contributed by atoms with Gasteiger partial charge in [-0.2, -0.15) is 0 Å². The van der Waals surface area contributed by atoms with Crippen molar-refractivity contribution in [2.75, 3.05) is 0 Å². The standard InChI is InChI=1S/C11H18O2/c1-2-3-7-10(11(12)13)8-9-5-4-6-9/h3,7,9-10H,2,4-6,8H2,1H3,(H,12,13)/b7-3-. The number of rotatable bonds is 5. The largest absolute Gasteiger partial charge is 0.481 e. The van der Waals surface area contributed by atoms with Gasteiger partial charge in [-0.05, 0) is 18.8 Å². The van der Waals surface area contributed by atoms with Crippen LogP contribution in [-0.2, 0) is 4.79 Å². The van der Waals surface area contributed by atoms with Crippen molar-refractivity contribution >= 4 is 5.97 Å². The highest BCUT2D eigenvalue weighted by Crippen LogP contribution is 2.32. The minimum absolute atomic E-state index is 0.245. The average Bonchev–Trinajstić information content (AvgIpc) is 2.01. The maximum atomic E-state index is 10.8. The molecule has 0 amide bonds. The van der Waals surface area contributed by atoms with Gasteiger partial charge in [0.1, 0.15) is 0 Å². The molecule has 1 saturated carbocycles. The van der Waals surface area contributed by atoms with Crippen LogP contribution in [0.2, 0.25) is 0 Å². The molecule has 1 aliphatic rings.